The van der Waals surface area contributed by atoms with E-state index < -0.39 is 0 Å². The third-order valence-corrected chi connectivity index (χ3v) is 3.04. The van der Waals surface area contributed by atoms with Crippen LogP contribution in [-0.4, -0.2) is 28.7 Å². The lowest BCUT2D eigenvalue weighted by atomic mass is 10.2. The molecular weight excluding hydrogens is 242 g/mol. The van der Waals surface area contributed by atoms with Gasteiger partial charge in [0.15, 0.2) is 0 Å². The van der Waals surface area contributed by atoms with Crippen molar-refractivity contribution in [3.63, 3.8) is 0 Å². The molecule has 1 N–H and O–H groups in total. The number of imidazole rings is 1. The maximum atomic E-state index is 11.9. The Balaban J connectivity index is 2.18. The third kappa shape index (κ3) is 2.99. The molecule has 0 aliphatic heterocycles. The number of anilines is 1. The maximum Gasteiger partial charge on any atom is 0.227 e. The molecule has 100 valence electrons. The summed E-state index contributed by atoms with van der Waals surface area (Å²) in [6.07, 6.45) is 0.528. The lowest BCUT2D eigenvalue weighted by molar-refractivity contribution is -0.122. The highest BCUT2D eigenvalue weighted by molar-refractivity contribution is 5.96. The number of nitrogens with zero attached hydrogens (tertiary/aromatic N) is 2. The zero-order valence-electron chi connectivity index (χ0n) is 11.4. The van der Waals surface area contributed by atoms with E-state index in [2.05, 4.69) is 9.97 Å². The van der Waals surface area contributed by atoms with Gasteiger partial charge >= 0.3 is 0 Å². The zero-order valence-corrected chi connectivity index (χ0v) is 11.4. The summed E-state index contributed by atoms with van der Waals surface area (Å²) in [4.78, 5) is 31.9. The number of hydrogen-bond acceptors (Lipinski definition) is 3. The van der Waals surface area contributed by atoms with Gasteiger partial charge in [0.25, 0.3) is 0 Å². The Morgan fingerprint density at radius 3 is 2.74 bits per heavy atom. The first-order chi connectivity index (χ1) is 8.97. The molecule has 1 heterocycles. The van der Waals surface area contributed by atoms with Crippen molar-refractivity contribution in [1.82, 2.24) is 9.97 Å². The van der Waals surface area contributed by atoms with Crippen LogP contribution in [0.15, 0.2) is 18.2 Å². The van der Waals surface area contributed by atoms with Crippen molar-refractivity contribution < 1.29 is 9.59 Å². The van der Waals surface area contributed by atoms with E-state index >= 15 is 0 Å². The highest BCUT2D eigenvalue weighted by Gasteiger charge is 2.12. The van der Waals surface area contributed by atoms with Crippen molar-refractivity contribution in [1.29, 1.82) is 0 Å². The SMILES string of the molecule is CC(=O)CCC(=O)N(C)c1ccc2nc(C)[nH]c2c1. The summed E-state index contributed by atoms with van der Waals surface area (Å²) in [5, 5.41) is 0. The van der Waals surface area contributed by atoms with Gasteiger partial charge in [0.1, 0.15) is 11.6 Å². The number of nitrogens with one attached hydrogen (secondary N) is 1. The summed E-state index contributed by atoms with van der Waals surface area (Å²) in [6.45, 7) is 3.38. The van der Waals surface area contributed by atoms with E-state index in [0.29, 0.717) is 0 Å². The number of carbonyl (C=O) groups excluding carboxylic acids is 2. The Kier molecular flexibility index (Phi) is 3.64. The fourth-order valence-corrected chi connectivity index (χ4v) is 1.93. The Morgan fingerprint density at radius 2 is 2.05 bits per heavy atom. The molecule has 0 aliphatic rings. The second-order valence-electron chi connectivity index (χ2n) is 4.68. The van der Waals surface area contributed by atoms with Crippen molar-refractivity contribution in [2.45, 2.75) is 26.7 Å². The number of carbonyl (C=O) groups is 2. The molecule has 0 fully saturated rings. The highest BCUT2D eigenvalue weighted by atomic mass is 16.2. The molecule has 5 nitrogen and oxygen atoms in total. The Labute approximate surface area is 111 Å². The van der Waals surface area contributed by atoms with Crippen LogP contribution >= 0.6 is 0 Å². The molecule has 2 rings (SSSR count). The second-order valence-corrected chi connectivity index (χ2v) is 4.68. The van der Waals surface area contributed by atoms with Crippen molar-refractivity contribution in [3.8, 4) is 0 Å². The quantitative estimate of drug-likeness (QED) is 0.915. The number of fused-ring (bicyclic) bond motifs is 1. The predicted octanol–water partition coefficient (Wildman–Crippen LogP) is 2.20. The molecular formula is C14H17N3O2. The predicted molar refractivity (Wildman–Crippen MR) is 74.2 cm³/mol. The first kappa shape index (κ1) is 13.3. The lowest BCUT2D eigenvalue weighted by Gasteiger charge is -2.17. The standard InChI is InChI=1S/C14H17N3O2/c1-9(18)4-7-14(19)17(3)11-5-6-12-13(8-11)16-10(2)15-12/h5-6,8H,4,7H2,1-3H3,(H,15,16). The van der Waals surface area contributed by atoms with Crippen LogP contribution in [-0.2, 0) is 9.59 Å². The first-order valence-corrected chi connectivity index (χ1v) is 6.20. The molecule has 0 saturated heterocycles. The van der Waals surface area contributed by atoms with Gasteiger partial charge in [-0.15, -0.1) is 0 Å². The maximum absolute atomic E-state index is 11.9. The largest absolute Gasteiger partial charge is 0.342 e. The molecule has 19 heavy (non-hydrogen) atoms. The van der Waals surface area contributed by atoms with Gasteiger partial charge in [-0.2, -0.15) is 0 Å². The van der Waals surface area contributed by atoms with E-state index in [9.17, 15) is 9.59 Å². The summed E-state index contributed by atoms with van der Waals surface area (Å²) in [5.74, 6) is 0.810. The third-order valence-electron chi connectivity index (χ3n) is 3.04. The van der Waals surface area contributed by atoms with Crippen molar-refractivity contribution in [2.24, 2.45) is 0 Å². The molecule has 1 aromatic heterocycles. The van der Waals surface area contributed by atoms with E-state index in [0.717, 1.165) is 22.5 Å². The molecule has 0 saturated carbocycles. The normalized spacial score (nSPS) is 10.7. The number of Topliss-reactive ketones (excluding diaryl/α,β-unsaturated/α-hetero) is 1. The number of ketones is 1. The van der Waals surface area contributed by atoms with Crippen LogP contribution < -0.4 is 4.90 Å². The van der Waals surface area contributed by atoms with Gasteiger partial charge in [-0.25, -0.2) is 4.98 Å². The molecule has 0 bridgehead atoms. The Morgan fingerprint density at radius 1 is 1.32 bits per heavy atom. The summed E-state index contributed by atoms with van der Waals surface area (Å²) < 4.78 is 0. The molecule has 0 radical (unpaired) electrons. The number of aryl methyl sites for hydroxylation is 1. The summed E-state index contributed by atoms with van der Waals surface area (Å²) >= 11 is 0. The average molecular weight is 259 g/mol. The van der Waals surface area contributed by atoms with Gasteiger partial charge in [-0.3, -0.25) is 4.79 Å². The minimum atomic E-state index is -0.0641. The van der Waals surface area contributed by atoms with Crippen LogP contribution in [0.25, 0.3) is 11.0 Å². The molecule has 0 spiro atoms. The smallest absolute Gasteiger partial charge is 0.227 e. The van der Waals surface area contributed by atoms with Gasteiger partial charge in [-0.05, 0) is 32.0 Å². The lowest BCUT2D eigenvalue weighted by Crippen LogP contribution is -2.26. The fourth-order valence-electron chi connectivity index (χ4n) is 1.93. The Hall–Kier alpha value is -2.17. The molecule has 0 atom stereocenters. The van der Waals surface area contributed by atoms with Crippen LogP contribution in [0.4, 0.5) is 5.69 Å². The molecule has 1 aromatic carbocycles. The second kappa shape index (κ2) is 5.22. The number of amides is 1. The van der Waals surface area contributed by atoms with Crippen LogP contribution in [0.2, 0.25) is 0 Å². The number of H-pyrrole nitrogens is 1. The van der Waals surface area contributed by atoms with Gasteiger partial charge in [0, 0.05) is 25.6 Å². The topological polar surface area (TPSA) is 66.1 Å². The van der Waals surface area contributed by atoms with Crippen LogP contribution in [0.3, 0.4) is 0 Å². The van der Waals surface area contributed by atoms with Gasteiger partial charge in [0.2, 0.25) is 5.91 Å². The van der Waals surface area contributed by atoms with E-state index in [1.165, 1.54) is 6.92 Å². The molecule has 0 aliphatic carbocycles. The molecule has 5 heteroatoms. The van der Waals surface area contributed by atoms with Gasteiger partial charge in [-0.1, -0.05) is 0 Å². The highest BCUT2D eigenvalue weighted by Crippen LogP contribution is 2.20. The minimum Gasteiger partial charge on any atom is -0.342 e. The van der Waals surface area contributed by atoms with Crippen LogP contribution in [0, 0.1) is 6.92 Å². The number of aromatic amines is 1. The molecule has 1 amide bonds. The number of benzene rings is 1. The zero-order chi connectivity index (χ0) is 14.0. The monoisotopic (exact) mass is 259 g/mol. The van der Waals surface area contributed by atoms with E-state index in [-0.39, 0.29) is 24.5 Å². The van der Waals surface area contributed by atoms with Gasteiger partial charge in [0.05, 0.1) is 11.0 Å². The number of aromatic nitrogens is 2. The minimum absolute atomic E-state index is 0.0291. The van der Waals surface area contributed by atoms with Crippen LogP contribution in [0.5, 0.6) is 0 Å². The number of hydrogen-bond donors (Lipinski definition) is 1. The Bertz CT molecular complexity index is 631. The summed E-state index contributed by atoms with van der Waals surface area (Å²) in [7, 11) is 1.72. The van der Waals surface area contributed by atoms with E-state index in [4.69, 9.17) is 0 Å². The molecule has 2 aromatic rings. The fraction of sp³-hybridized carbons (Fsp3) is 0.357. The van der Waals surface area contributed by atoms with Crippen molar-refractivity contribution >= 4 is 28.4 Å². The summed E-state index contributed by atoms with van der Waals surface area (Å²) in [5.41, 5.74) is 2.58. The number of rotatable bonds is 4. The van der Waals surface area contributed by atoms with Crippen molar-refractivity contribution in [3.05, 3.63) is 24.0 Å². The van der Waals surface area contributed by atoms with E-state index in [1.807, 2.05) is 25.1 Å². The van der Waals surface area contributed by atoms with Crippen molar-refractivity contribution in [2.75, 3.05) is 11.9 Å². The molecule has 0 unspecified atom stereocenters. The first-order valence-electron chi connectivity index (χ1n) is 6.20. The van der Waals surface area contributed by atoms with E-state index in [1.54, 1.807) is 11.9 Å². The van der Waals surface area contributed by atoms with Crippen LogP contribution in [0.1, 0.15) is 25.6 Å². The average Bonchev–Trinajstić information content (AvgIpc) is 2.73. The van der Waals surface area contributed by atoms with Gasteiger partial charge < -0.3 is 14.7 Å². The summed E-state index contributed by atoms with van der Waals surface area (Å²) in [6, 6.07) is 5.62.